The monoisotopic (exact) mass is 317 g/mol. The summed E-state index contributed by atoms with van der Waals surface area (Å²) in [6.45, 7) is 0. The Kier molecular flexibility index (Phi) is 2.12. The highest BCUT2D eigenvalue weighted by atomic mass is 16.2. The van der Waals surface area contributed by atoms with Gasteiger partial charge in [-0.05, 0) is 19.2 Å². The van der Waals surface area contributed by atoms with Gasteiger partial charge in [0.1, 0.15) is 0 Å². The minimum absolute atomic E-state index is 0.352. The van der Waals surface area contributed by atoms with Gasteiger partial charge in [0.25, 0.3) is 0 Å². The predicted octanol–water partition coefficient (Wildman–Crippen LogP) is 1.57. The Balaban J connectivity index is 1.81. The first-order valence-corrected chi connectivity index (χ1v) is 7.60. The van der Waals surface area contributed by atoms with Gasteiger partial charge in [-0.25, -0.2) is 0 Å². The molecule has 1 aliphatic heterocycles. The Bertz CT molecular complexity index is 876. The SMILES string of the molecule is CN1C2(C(=O)c3cccc(c3)C2=O)C12C(=O)c1cccc(c1)C2=O. The average Bonchev–Trinajstić information content (AvgIpc) is 3.18. The minimum Gasteiger partial charge on any atom is -0.291 e. The number of ketones is 4. The van der Waals surface area contributed by atoms with E-state index in [9.17, 15) is 19.2 Å². The van der Waals surface area contributed by atoms with E-state index in [1.54, 1.807) is 36.4 Å². The summed E-state index contributed by atoms with van der Waals surface area (Å²) < 4.78 is 0. The van der Waals surface area contributed by atoms with E-state index in [-0.39, 0.29) is 0 Å². The molecule has 3 aliphatic rings. The average molecular weight is 317 g/mol. The number of carbonyl (C=O) groups excluding carboxylic acids is 4. The van der Waals surface area contributed by atoms with E-state index in [2.05, 4.69) is 0 Å². The normalized spacial score (nSPS) is 24.6. The molecule has 2 spiro atoms. The Hall–Kier alpha value is -2.92. The molecule has 1 fully saturated rings. The number of likely N-dealkylation sites (N-methyl/N-ethyl adjacent to an activating group) is 1. The first-order chi connectivity index (χ1) is 11.5. The van der Waals surface area contributed by atoms with Crippen molar-refractivity contribution in [2.45, 2.75) is 11.1 Å². The molecule has 2 aromatic carbocycles. The molecular weight excluding hydrogens is 306 g/mol. The summed E-state index contributed by atoms with van der Waals surface area (Å²) in [6, 6.07) is 12.7. The highest BCUT2D eigenvalue weighted by molar-refractivity contribution is 6.44. The van der Waals surface area contributed by atoms with Gasteiger partial charge in [0.2, 0.25) is 0 Å². The number of benzene rings is 2. The number of hydrogen-bond donors (Lipinski definition) is 0. The van der Waals surface area contributed by atoms with E-state index < -0.39 is 34.2 Å². The van der Waals surface area contributed by atoms with E-state index >= 15 is 0 Å². The van der Waals surface area contributed by atoms with Gasteiger partial charge >= 0.3 is 0 Å². The fraction of sp³-hybridized carbons (Fsp3) is 0.158. The maximum Gasteiger partial charge on any atom is 0.194 e. The van der Waals surface area contributed by atoms with Gasteiger partial charge in [-0.3, -0.25) is 24.1 Å². The fourth-order valence-electron chi connectivity index (χ4n) is 4.41. The van der Waals surface area contributed by atoms with Crippen molar-refractivity contribution in [3.8, 4) is 0 Å². The second kappa shape index (κ2) is 3.76. The van der Waals surface area contributed by atoms with Crippen LogP contribution < -0.4 is 0 Å². The molecule has 0 amide bonds. The van der Waals surface area contributed by atoms with Crippen LogP contribution in [0.1, 0.15) is 41.4 Å². The zero-order chi connectivity index (χ0) is 16.9. The topological polar surface area (TPSA) is 71.3 Å². The molecule has 0 saturated carbocycles. The number of rotatable bonds is 0. The molecule has 0 aromatic heterocycles. The lowest BCUT2D eigenvalue weighted by atomic mass is 9.69. The second-order valence-corrected chi connectivity index (χ2v) is 6.46. The highest BCUT2D eigenvalue weighted by Crippen LogP contribution is 2.59. The Morgan fingerprint density at radius 3 is 1.21 bits per heavy atom. The molecule has 5 heteroatoms. The summed E-state index contributed by atoms with van der Waals surface area (Å²) in [4.78, 5) is 53.6. The number of nitrogens with zero attached hydrogens (tertiary/aromatic N) is 1. The molecule has 0 unspecified atom stereocenters. The van der Waals surface area contributed by atoms with Crippen LogP contribution in [0.4, 0.5) is 0 Å². The molecule has 0 N–H and O–H groups in total. The number of hydrogen-bond acceptors (Lipinski definition) is 5. The van der Waals surface area contributed by atoms with Gasteiger partial charge in [-0.1, -0.05) is 36.4 Å². The van der Waals surface area contributed by atoms with Crippen LogP contribution in [0, 0.1) is 0 Å². The summed E-state index contributed by atoms with van der Waals surface area (Å²) >= 11 is 0. The van der Waals surface area contributed by atoms with Crippen LogP contribution in [0.3, 0.4) is 0 Å². The minimum atomic E-state index is -1.74. The summed E-state index contributed by atoms with van der Waals surface area (Å²) in [5.74, 6) is -1.91. The number of Topliss-reactive ketones (excluding diaryl/α,β-unsaturated/α-hetero) is 4. The third-order valence-electron chi connectivity index (χ3n) is 5.57. The summed E-state index contributed by atoms with van der Waals surface area (Å²) in [5.41, 5.74) is -2.08. The third-order valence-corrected chi connectivity index (χ3v) is 5.57. The van der Waals surface area contributed by atoms with Gasteiger partial charge in [0.15, 0.2) is 34.2 Å². The van der Waals surface area contributed by atoms with Crippen molar-refractivity contribution in [1.29, 1.82) is 0 Å². The molecule has 5 nitrogen and oxygen atoms in total. The van der Waals surface area contributed by atoms with Crippen molar-refractivity contribution in [3.05, 3.63) is 70.8 Å². The molecule has 116 valence electrons. The molecule has 0 atom stereocenters. The predicted molar refractivity (Wildman–Crippen MR) is 83.4 cm³/mol. The van der Waals surface area contributed by atoms with Crippen molar-refractivity contribution in [3.63, 3.8) is 0 Å². The summed E-state index contributed by atoms with van der Waals surface area (Å²) in [5, 5.41) is 0. The first-order valence-electron chi connectivity index (χ1n) is 7.60. The van der Waals surface area contributed by atoms with Gasteiger partial charge in [0, 0.05) is 22.3 Å². The van der Waals surface area contributed by atoms with Crippen LogP contribution in [0.5, 0.6) is 0 Å². The summed E-state index contributed by atoms with van der Waals surface area (Å²) in [6.07, 6.45) is 0. The van der Waals surface area contributed by atoms with Gasteiger partial charge in [0.05, 0.1) is 0 Å². The van der Waals surface area contributed by atoms with Crippen LogP contribution in [0.2, 0.25) is 0 Å². The molecule has 5 rings (SSSR count). The largest absolute Gasteiger partial charge is 0.291 e. The van der Waals surface area contributed by atoms with E-state index in [0.29, 0.717) is 22.3 Å². The zero-order valence-corrected chi connectivity index (χ0v) is 12.7. The molecule has 1 heterocycles. The maximum atomic E-state index is 13.1. The lowest BCUT2D eigenvalue weighted by Gasteiger charge is -2.25. The van der Waals surface area contributed by atoms with Crippen LogP contribution in [0.25, 0.3) is 0 Å². The number of carbonyl (C=O) groups is 4. The maximum absolute atomic E-state index is 13.1. The molecule has 1 saturated heterocycles. The van der Waals surface area contributed by atoms with Crippen LogP contribution in [0.15, 0.2) is 48.5 Å². The van der Waals surface area contributed by atoms with Crippen molar-refractivity contribution < 1.29 is 19.2 Å². The van der Waals surface area contributed by atoms with E-state index in [0.717, 1.165) is 0 Å². The molecule has 0 radical (unpaired) electrons. The van der Waals surface area contributed by atoms with Gasteiger partial charge in [-0.2, -0.15) is 0 Å². The molecule has 2 aliphatic carbocycles. The summed E-state index contributed by atoms with van der Waals surface area (Å²) in [7, 11) is 1.50. The first kappa shape index (κ1) is 13.5. The molecular formula is C19H11NO4. The number of fused-ring (bicyclic) bond motifs is 5. The molecule has 4 bridgehead atoms. The van der Waals surface area contributed by atoms with E-state index in [1.807, 2.05) is 0 Å². The quantitative estimate of drug-likeness (QED) is 0.545. The van der Waals surface area contributed by atoms with Gasteiger partial charge in [-0.15, -0.1) is 0 Å². The Labute approximate surface area is 136 Å². The van der Waals surface area contributed by atoms with E-state index in [4.69, 9.17) is 0 Å². The fourth-order valence-corrected chi connectivity index (χ4v) is 4.41. The van der Waals surface area contributed by atoms with Crippen LogP contribution in [-0.2, 0) is 0 Å². The van der Waals surface area contributed by atoms with Crippen molar-refractivity contribution in [2.24, 2.45) is 0 Å². The molecule has 2 aromatic rings. The van der Waals surface area contributed by atoms with Gasteiger partial charge < -0.3 is 0 Å². The van der Waals surface area contributed by atoms with Crippen molar-refractivity contribution in [2.75, 3.05) is 7.05 Å². The van der Waals surface area contributed by atoms with Crippen molar-refractivity contribution >= 4 is 23.1 Å². The standard InChI is InChI=1S/C19H11NO4/c1-20-18(14(21)10-4-2-5-11(8-10)15(18)22)19(20)16(23)12-6-3-7-13(9-12)17(19)24/h2-9H,1H3. The smallest absolute Gasteiger partial charge is 0.194 e. The Morgan fingerprint density at radius 2 is 0.917 bits per heavy atom. The zero-order valence-electron chi connectivity index (χ0n) is 12.7. The second-order valence-electron chi connectivity index (χ2n) is 6.46. The van der Waals surface area contributed by atoms with Crippen molar-refractivity contribution in [1.82, 2.24) is 4.90 Å². The lowest BCUT2D eigenvalue weighted by molar-refractivity contribution is 0.0727. The van der Waals surface area contributed by atoms with Crippen LogP contribution >= 0.6 is 0 Å². The highest BCUT2D eigenvalue weighted by Gasteiger charge is 2.88. The Morgan fingerprint density at radius 1 is 0.625 bits per heavy atom. The lowest BCUT2D eigenvalue weighted by Crippen LogP contribution is -2.52. The molecule has 24 heavy (non-hydrogen) atoms. The van der Waals surface area contributed by atoms with Crippen LogP contribution in [-0.4, -0.2) is 46.2 Å². The van der Waals surface area contributed by atoms with E-state index in [1.165, 1.54) is 24.1 Å². The third kappa shape index (κ3) is 1.08.